The van der Waals surface area contributed by atoms with Crippen molar-refractivity contribution in [2.75, 3.05) is 0 Å². The van der Waals surface area contributed by atoms with Gasteiger partial charge in [-0.15, -0.1) is 0 Å². The minimum atomic E-state index is -0.345. The number of H-pyrrole nitrogens is 1. The summed E-state index contributed by atoms with van der Waals surface area (Å²) < 4.78 is 19.0. The SMILES string of the molecule is CC[C@@H](C)Oc1ccc(/C=C(/C#N)c2nc3ccc(F)cc3[nH]2)cc1. The van der Waals surface area contributed by atoms with Gasteiger partial charge in [0.25, 0.3) is 0 Å². The summed E-state index contributed by atoms with van der Waals surface area (Å²) in [5.74, 6) is 0.870. The molecule has 1 aromatic heterocycles. The van der Waals surface area contributed by atoms with Crippen LogP contribution in [0.2, 0.25) is 0 Å². The molecule has 0 aliphatic heterocycles. The van der Waals surface area contributed by atoms with Gasteiger partial charge in [-0.05, 0) is 55.3 Å². The van der Waals surface area contributed by atoms with Crippen LogP contribution < -0.4 is 4.74 Å². The molecule has 3 aromatic rings. The smallest absolute Gasteiger partial charge is 0.149 e. The van der Waals surface area contributed by atoms with Crippen molar-refractivity contribution >= 4 is 22.7 Å². The highest BCUT2D eigenvalue weighted by molar-refractivity contribution is 5.90. The monoisotopic (exact) mass is 335 g/mol. The van der Waals surface area contributed by atoms with Gasteiger partial charge < -0.3 is 9.72 Å². The first-order valence-corrected chi connectivity index (χ1v) is 8.13. The zero-order valence-electron chi connectivity index (χ0n) is 14.1. The first-order chi connectivity index (χ1) is 12.1. The predicted octanol–water partition coefficient (Wildman–Crippen LogP) is 4.94. The Hall–Kier alpha value is -3.13. The molecule has 0 saturated heterocycles. The van der Waals surface area contributed by atoms with Crippen molar-refractivity contribution in [2.45, 2.75) is 26.4 Å². The molecule has 0 aliphatic rings. The predicted molar refractivity (Wildman–Crippen MR) is 96.4 cm³/mol. The zero-order chi connectivity index (χ0) is 17.8. The zero-order valence-corrected chi connectivity index (χ0v) is 14.1. The number of allylic oxidation sites excluding steroid dienone is 1. The molecule has 2 aromatic carbocycles. The standard InChI is InChI=1S/C20H18FN3O/c1-3-13(2)25-17-7-4-14(5-8-17)10-15(12-22)20-23-18-9-6-16(21)11-19(18)24-20/h4-11,13H,3H2,1-2H3,(H,23,24)/b15-10-/t13-/m1/s1. The highest BCUT2D eigenvalue weighted by atomic mass is 19.1. The molecule has 0 unspecified atom stereocenters. The summed E-state index contributed by atoms with van der Waals surface area (Å²) in [6.45, 7) is 4.09. The number of benzene rings is 2. The quantitative estimate of drug-likeness (QED) is 0.672. The molecule has 3 rings (SSSR count). The Labute approximate surface area is 145 Å². The fraction of sp³-hybridized carbons (Fsp3) is 0.200. The molecule has 1 atom stereocenters. The Bertz CT molecular complexity index is 951. The van der Waals surface area contributed by atoms with Crippen LogP contribution in [0, 0.1) is 17.1 Å². The topological polar surface area (TPSA) is 61.7 Å². The number of rotatable bonds is 5. The largest absolute Gasteiger partial charge is 0.491 e. The van der Waals surface area contributed by atoms with Crippen molar-refractivity contribution < 1.29 is 9.13 Å². The Balaban J connectivity index is 1.87. The lowest BCUT2D eigenvalue weighted by molar-refractivity contribution is 0.217. The van der Waals surface area contributed by atoms with Gasteiger partial charge in [-0.1, -0.05) is 19.1 Å². The average Bonchev–Trinajstić information content (AvgIpc) is 3.03. The molecule has 25 heavy (non-hydrogen) atoms. The van der Waals surface area contributed by atoms with Gasteiger partial charge in [-0.2, -0.15) is 5.26 Å². The molecule has 0 amide bonds. The fourth-order valence-corrected chi connectivity index (χ4v) is 2.39. The van der Waals surface area contributed by atoms with E-state index in [9.17, 15) is 9.65 Å². The van der Waals surface area contributed by atoms with Crippen molar-refractivity contribution in [3.8, 4) is 11.8 Å². The van der Waals surface area contributed by atoms with Gasteiger partial charge in [0.05, 0.1) is 22.7 Å². The van der Waals surface area contributed by atoms with Crippen molar-refractivity contribution in [2.24, 2.45) is 0 Å². The number of aromatic amines is 1. The second kappa shape index (κ2) is 7.18. The number of fused-ring (bicyclic) bond motifs is 1. The van der Waals surface area contributed by atoms with E-state index in [1.54, 1.807) is 12.1 Å². The summed E-state index contributed by atoms with van der Waals surface area (Å²) in [5, 5.41) is 9.45. The maximum atomic E-state index is 13.3. The first-order valence-electron chi connectivity index (χ1n) is 8.13. The van der Waals surface area contributed by atoms with E-state index in [1.165, 1.54) is 12.1 Å². The lowest BCUT2D eigenvalue weighted by Crippen LogP contribution is -2.09. The van der Waals surface area contributed by atoms with E-state index < -0.39 is 0 Å². The first kappa shape index (κ1) is 16.7. The van der Waals surface area contributed by atoms with Crippen molar-refractivity contribution in [1.82, 2.24) is 9.97 Å². The van der Waals surface area contributed by atoms with Crippen LogP contribution in [-0.2, 0) is 0 Å². The van der Waals surface area contributed by atoms with Gasteiger partial charge in [0.2, 0.25) is 0 Å². The number of halogens is 1. The Morgan fingerprint density at radius 1 is 1.32 bits per heavy atom. The number of aromatic nitrogens is 2. The summed E-state index contributed by atoms with van der Waals surface area (Å²) in [4.78, 5) is 7.34. The van der Waals surface area contributed by atoms with E-state index in [0.717, 1.165) is 17.7 Å². The van der Waals surface area contributed by atoms with Gasteiger partial charge in [0, 0.05) is 0 Å². The second-order valence-electron chi connectivity index (χ2n) is 5.82. The van der Waals surface area contributed by atoms with Gasteiger partial charge in [-0.3, -0.25) is 0 Å². The lowest BCUT2D eigenvalue weighted by Gasteiger charge is -2.12. The van der Waals surface area contributed by atoms with E-state index in [-0.39, 0.29) is 11.9 Å². The minimum Gasteiger partial charge on any atom is -0.491 e. The summed E-state index contributed by atoms with van der Waals surface area (Å²) in [6, 6.07) is 14.0. The molecule has 126 valence electrons. The lowest BCUT2D eigenvalue weighted by atomic mass is 10.1. The number of imidazole rings is 1. The third-order valence-corrected chi connectivity index (χ3v) is 3.92. The van der Waals surface area contributed by atoms with Gasteiger partial charge in [-0.25, -0.2) is 9.37 Å². The molecule has 0 radical (unpaired) electrons. The van der Waals surface area contributed by atoms with E-state index in [1.807, 2.05) is 31.2 Å². The number of hydrogen-bond donors (Lipinski definition) is 1. The second-order valence-corrected chi connectivity index (χ2v) is 5.82. The maximum absolute atomic E-state index is 13.3. The number of nitriles is 1. The third kappa shape index (κ3) is 3.86. The van der Waals surface area contributed by atoms with E-state index >= 15 is 0 Å². The van der Waals surface area contributed by atoms with Crippen LogP contribution in [0.15, 0.2) is 42.5 Å². The average molecular weight is 335 g/mol. The molecule has 0 saturated carbocycles. The number of nitrogens with zero attached hydrogens (tertiary/aromatic N) is 2. The number of ether oxygens (including phenoxy) is 1. The molecule has 0 fully saturated rings. The third-order valence-electron chi connectivity index (χ3n) is 3.92. The van der Waals surface area contributed by atoms with Crippen molar-refractivity contribution in [3.05, 3.63) is 59.7 Å². The number of hydrogen-bond acceptors (Lipinski definition) is 3. The Morgan fingerprint density at radius 2 is 2.08 bits per heavy atom. The summed E-state index contributed by atoms with van der Waals surface area (Å²) in [6.07, 6.45) is 2.83. The fourth-order valence-electron chi connectivity index (χ4n) is 2.39. The molecular formula is C20H18FN3O. The highest BCUT2D eigenvalue weighted by Gasteiger charge is 2.09. The van der Waals surface area contributed by atoms with Gasteiger partial charge in [0.1, 0.15) is 23.5 Å². The molecule has 4 nitrogen and oxygen atoms in total. The van der Waals surface area contributed by atoms with Crippen LogP contribution in [0.4, 0.5) is 4.39 Å². The minimum absolute atomic E-state index is 0.159. The van der Waals surface area contributed by atoms with Gasteiger partial charge >= 0.3 is 0 Å². The molecule has 1 N–H and O–H groups in total. The maximum Gasteiger partial charge on any atom is 0.149 e. The molecular weight excluding hydrogens is 317 g/mol. The van der Waals surface area contributed by atoms with Crippen LogP contribution in [0.3, 0.4) is 0 Å². The summed E-state index contributed by atoms with van der Waals surface area (Å²) in [5.41, 5.74) is 2.43. The Kier molecular flexibility index (Phi) is 4.80. The van der Waals surface area contributed by atoms with Crippen LogP contribution in [0.5, 0.6) is 5.75 Å². The molecule has 0 aliphatic carbocycles. The molecule has 0 spiro atoms. The normalized spacial score (nSPS) is 12.8. The molecule has 5 heteroatoms. The van der Waals surface area contributed by atoms with Crippen molar-refractivity contribution in [1.29, 1.82) is 5.26 Å². The molecule has 1 heterocycles. The van der Waals surface area contributed by atoms with Crippen LogP contribution in [0.1, 0.15) is 31.7 Å². The van der Waals surface area contributed by atoms with Crippen LogP contribution >= 0.6 is 0 Å². The van der Waals surface area contributed by atoms with Crippen LogP contribution in [0.25, 0.3) is 22.7 Å². The highest BCUT2D eigenvalue weighted by Crippen LogP contribution is 2.21. The van der Waals surface area contributed by atoms with Gasteiger partial charge in [0.15, 0.2) is 0 Å². The van der Waals surface area contributed by atoms with E-state index in [0.29, 0.717) is 22.4 Å². The summed E-state index contributed by atoms with van der Waals surface area (Å²) in [7, 11) is 0. The van der Waals surface area contributed by atoms with E-state index in [2.05, 4.69) is 23.0 Å². The number of nitrogens with one attached hydrogen (secondary N) is 1. The van der Waals surface area contributed by atoms with Crippen LogP contribution in [-0.4, -0.2) is 16.1 Å². The van der Waals surface area contributed by atoms with E-state index in [4.69, 9.17) is 4.74 Å². The van der Waals surface area contributed by atoms with Crippen molar-refractivity contribution in [3.63, 3.8) is 0 Å². The molecule has 0 bridgehead atoms. The summed E-state index contributed by atoms with van der Waals surface area (Å²) >= 11 is 0. The Morgan fingerprint density at radius 3 is 2.76 bits per heavy atom.